The first-order chi connectivity index (χ1) is 10.1. The van der Waals surface area contributed by atoms with Crippen LogP contribution in [0.5, 0.6) is 5.75 Å². The van der Waals surface area contributed by atoms with Crippen LogP contribution in [-0.4, -0.2) is 10.1 Å². The predicted molar refractivity (Wildman–Crippen MR) is 84.0 cm³/mol. The molecule has 1 N–H and O–H groups in total. The average Bonchev–Trinajstić information content (AvgIpc) is 2.48. The van der Waals surface area contributed by atoms with E-state index in [4.69, 9.17) is 23.2 Å². The standard InChI is InChI=1S/C15H9Cl2N3O/c16-10-7-12(17)15(18-8-10)20-19-14-11-4-2-1-3-9(11)5-6-13(14)21/h1-8,21H/b20-19+. The predicted octanol–water partition coefficient (Wildman–Crippen LogP) is 5.66. The van der Waals surface area contributed by atoms with Gasteiger partial charge >= 0.3 is 0 Å². The molecule has 0 amide bonds. The summed E-state index contributed by atoms with van der Waals surface area (Å²) in [6, 6.07) is 12.5. The summed E-state index contributed by atoms with van der Waals surface area (Å²) in [5.41, 5.74) is 0.376. The highest BCUT2D eigenvalue weighted by Gasteiger charge is 2.07. The van der Waals surface area contributed by atoms with Gasteiger partial charge in [0.15, 0.2) is 5.82 Å². The van der Waals surface area contributed by atoms with Crippen LogP contribution in [0.3, 0.4) is 0 Å². The maximum Gasteiger partial charge on any atom is 0.193 e. The largest absolute Gasteiger partial charge is 0.506 e. The second-order valence-corrected chi connectivity index (χ2v) is 5.16. The van der Waals surface area contributed by atoms with Gasteiger partial charge in [0, 0.05) is 11.6 Å². The molecule has 4 nitrogen and oxygen atoms in total. The van der Waals surface area contributed by atoms with Crippen molar-refractivity contribution in [2.75, 3.05) is 0 Å². The zero-order chi connectivity index (χ0) is 14.8. The number of nitrogens with zero attached hydrogens (tertiary/aromatic N) is 3. The van der Waals surface area contributed by atoms with Gasteiger partial charge in [-0.15, -0.1) is 10.2 Å². The highest BCUT2D eigenvalue weighted by atomic mass is 35.5. The van der Waals surface area contributed by atoms with Gasteiger partial charge in [0.1, 0.15) is 11.4 Å². The van der Waals surface area contributed by atoms with Gasteiger partial charge in [0.05, 0.1) is 10.0 Å². The third-order valence-electron chi connectivity index (χ3n) is 2.91. The number of fused-ring (bicyclic) bond motifs is 1. The lowest BCUT2D eigenvalue weighted by atomic mass is 10.1. The van der Waals surface area contributed by atoms with E-state index >= 15 is 0 Å². The number of rotatable bonds is 2. The van der Waals surface area contributed by atoms with E-state index in [0.717, 1.165) is 10.8 Å². The monoisotopic (exact) mass is 317 g/mol. The zero-order valence-electron chi connectivity index (χ0n) is 10.7. The molecule has 0 unspecified atom stereocenters. The minimum Gasteiger partial charge on any atom is -0.506 e. The molecular weight excluding hydrogens is 309 g/mol. The van der Waals surface area contributed by atoms with E-state index in [1.807, 2.05) is 30.3 Å². The summed E-state index contributed by atoms with van der Waals surface area (Å²) in [6.45, 7) is 0. The minimum atomic E-state index is 0.0440. The van der Waals surface area contributed by atoms with Gasteiger partial charge in [-0.05, 0) is 17.5 Å². The summed E-state index contributed by atoms with van der Waals surface area (Å²) in [5.74, 6) is 0.288. The van der Waals surface area contributed by atoms with Crippen molar-refractivity contribution in [3.8, 4) is 5.75 Å². The number of halogens is 2. The van der Waals surface area contributed by atoms with E-state index in [9.17, 15) is 5.11 Å². The summed E-state index contributed by atoms with van der Waals surface area (Å²) in [6.07, 6.45) is 1.44. The third kappa shape index (κ3) is 2.82. The molecule has 0 saturated carbocycles. The fourth-order valence-corrected chi connectivity index (χ4v) is 2.34. The van der Waals surface area contributed by atoms with Crippen LogP contribution in [0, 0.1) is 0 Å². The Morgan fingerprint density at radius 1 is 1.00 bits per heavy atom. The molecule has 6 heteroatoms. The molecule has 0 saturated heterocycles. The van der Waals surface area contributed by atoms with Crippen LogP contribution in [0.15, 0.2) is 58.9 Å². The molecule has 2 aromatic carbocycles. The molecule has 1 heterocycles. The molecule has 21 heavy (non-hydrogen) atoms. The number of phenols is 1. The Morgan fingerprint density at radius 3 is 2.62 bits per heavy atom. The minimum absolute atomic E-state index is 0.0440. The molecule has 3 rings (SSSR count). The molecular formula is C15H9Cl2N3O. The lowest BCUT2D eigenvalue weighted by molar-refractivity contribution is 0.477. The van der Waals surface area contributed by atoms with Gasteiger partial charge in [0.2, 0.25) is 0 Å². The van der Waals surface area contributed by atoms with Gasteiger partial charge in [0.25, 0.3) is 0 Å². The van der Waals surface area contributed by atoms with Crippen molar-refractivity contribution >= 4 is 45.5 Å². The molecule has 3 aromatic rings. The second-order valence-electron chi connectivity index (χ2n) is 4.31. The average molecular weight is 318 g/mol. The molecule has 0 bridgehead atoms. The molecule has 0 spiro atoms. The van der Waals surface area contributed by atoms with Crippen LogP contribution < -0.4 is 0 Å². The lowest BCUT2D eigenvalue weighted by Gasteiger charge is -2.03. The maximum absolute atomic E-state index is 9.97. The first-order valence-corrected chi connectivity index (χ1v) is 6.84. The Hall–Kier alpha value is -2.17. The van der Waals surface area contributed by atoms with Gasteiger partial charge in [-0.3, -0.25) is 0 Å². The van der Waals surface area contributed by atoms with E-state index in [0.29, 0.717) is 15.7 Å². The van der Waals surface area contributed by atoms with E-state index < -0.39 is 0 Å². The second kappa shape index (κ2) is 5.68. The Balaban J connectivity index is 2.09. The fourth-order valence-electron chi connectivity index (χ4n) is 1.93. The first-order valence-electron chi connectivity index (χ1n) is 6.08. The third-order valence-corrected chi connectivity index (χ3v) is 3.40. The number of hydrogen-bond acceptors (Lipinski definition) is 4. The topological polar surface area (TPSA) is 57.8 Å². The summed E-state index contributed by atoms with van der Waals surface area (Å²) in [7, 11) is 0. The van der Waals surface area contributed by atoms with Crippen LogP contribution in [0.4, 0.5) is 11.5 Å². The van der Waals surface area contributed by atoms with Gasteiger partial charge in [-0.25, -0.2) is 4.98 Å². The summed E-state index contributed by atoms with van der Waals surface area (Å²) in [5, 5.41) is 20.5. The Kier molecular flexibility index (Phi) is 3.73. The summed E-state index contributed by atoms with van der Waals surface area (Å²) in [4.78, 5) is 4.00. The van der Waals surface area contributed by atoms with Crippen LogP contribution in [0.2, 0.25) is 10.0 Å². The van der Waals surface area contributed by atoms with Crippen molar-refractivity contribution in [2.45, 2.75) is 0 Å². The number of phenolic OH excluding ortho intramolecular Hbond substituents is 1. The number of aromatic nitrogens is 1. The maximum atomic E-state index is 9.97. The number of hydrogen-bond donors (Lipinski definition) is 1. The summed E-state index contributed by atoms with van der Waals surface area (Å²) >= 11 is 11.8. The molecule has 0 aliphatic heterocycles. The highest BCUT2D eigenvalue weighted by molar-refractivity contribution is 6.35. The number of azo groups is 1. The Labute approximate surface area is 130 Å². The van der Waals surface area contributed by atoms with E-state index in [-0.39, 0.29) is 11.6 Å². The molecule has 0 radical (unpaired) electrons. The number of pyridine rings is 1. The number of aromatic hydroxyl groups is 1. The molecule has 104 valence electrons. The van der Waals surface area contributed by atoms with Gasteiger partial charge in [-0.1, -0.05) is 53.5 Å². The van der Waals surface area contributed by atoms with Gasteiger partial charge < -0.3 is 5.11 Å². The van der Waals surface area contributed by atoms with Crippen molar-refractivity contribution in [3.63, 3.8) is 0 Å². The quantitative estimate of drug-likeness (QED) is 0.619. The SMILES string of the molecule is Oc1ccc2ccccc2c1/N=N/c1ncc(Cl)cc1Cl. The van der Waals surface area contributed by atoms with E-state index in [1.54, 1.807) is 6.07 Å². The van der Waals surface area contributed by atoms with Crippen molar-refractivity contribution in [1.82, 2.24) is 4.98 Å². The van der Waals surface area contributed by atoms with Crippen LogP contribution >= 0.6 is 23.2 Å². The molecule has 1 aromatic heterocycles. The fraction of sp³-hybridized carbons (Fsp3) is 0. The van der Waals surface area contributed by atoms with Crippen molar-refractivity contribution < 1.29 is 5.11 Å². The normalized spacial score (nSPS) is 11.3. The van der Waals surface area contributed by atoms with Crippen LogP contribution in [0.1, 0.15) is 0 Å². The van der Waals surface area contributed by atoms with Crippen LogP contribution in [0.25, 0.3) is 10.8 Å². The molecule has 0 aliphatic rings. The smallest absolute Gasteiger partial charge is 0.193 e. The van der Waals surface area contributed by atoms with Gasteiger partial charge in [-0.2, -0.15) is 0 Å². The van der Waals surface area contributed by atoms with E-state index in [2.05, 4.69) is 15.2 Å². The summed E-state index contributed by atoms with van der Waals surface area (Å²) < 4.78 is 0. The lowest BCUT2D eigenvalue weighted by Crippen LogP contribution is -1.77. The number of benzene rings is 2. The Bertz CT molecular complexity index is 849. The molecule has 0 atom stereocenters. The first kappa shape index (κ1) is 13.8. The molecule has 0 fully saturated rings. The highest BCUT2D eigenvalue weighted by Crippen LogP contribution is 2.36. The zero-order valence-corrected chi connectivity index (χ0v) is 12.2. The van der Waals surface area contributed by atoms with Crippen LogP contribution in [-0.2, 0) is 0 Å². The van der Waals surface area contributed by atoms with Crippen molar-refractivity contribution in [2.24, 2.45) is 10.2 Å². The molecule has 0 aliphatic carbocycles. The van der Waals surface area contributed by atoms with Crippen molar-refractivity contribution in [3.05, 3.63) is 58.7 Å². The Morgan fingerprint density at radius 2 is 1.81 bits per heavy atom. The van der Waals surface area contributed by atoms with E-state index in [1.165, 1.54) is 12.3 Å². The van der Waals surface area contributed by atoms with Crippen molar-refractivity contribution in [1.29, 1.82) is 0 Å².